The Morgan fingerprint density at radius 3 is 2.54 bits per heavy atom. The van der Waals surface area contributed by atoms with Gasteiger partial charge in [-0.1, -0.05) is 6.07 Å². The number of benzene rings is 2. The van der Waals surface area contributed by atoms with Crippen LogP contribution in [0.2, 0.25) is 0 Å². The minimum Gasteiger partial charge on any atom is -0.497 e. The van der Waals surface area contributed by atoms with Gasteiger partial charge in [0.2, 0.25) is 0 Å². The van der Waals surface area contributed by atoms with Crippen LogP contribution in [0.1, 0.15) is 10.4 Å². The lowest BCUT2D eigenvalue weighted by Gasteiger charge is -2.10. The van der Waals surface area contributed by atoms with Gasteiger partial charge in [0.25, 0.3) is 11.6 Å². The Morgan fingerprint density at radius 1 is 1.12 bits per heavy atom. The molecule has 9 heteroatoms. The number of amides is 1. The van der Waals surface area contributed by atoms with Crippen molar-refractivity contribution in [3.8, 4) is 11.5 Å². The first-order valence-corrected chi connectivity index (χ1v) is 7.38. The number of carbonyl (C=O) groups excluding carboxylic acids is 2. The van der Waals surface area contributed by atoms with Crippen molar-refractivity contribution in [2.75, 3.05) is 26.1 Å². The van der Waals surface area contributed by atoms with Crippen LogP contribution < -0.4 is 14.8 Å². The molecule has 0 spiro atoms. The van der Waals surface area contributed by atoms with Crippen LogP contribution in [0.4, 0.5) is 11.4 Å². The first-order chi connectivity index (χ1) is 12.4. The standard InChI is InChI=1S/C17H16N2O7/c1-24-13-5-3-4-11(8-13)17(21)26-10-16(20)18-14-9-12(19(22)23)6-7-15(14)25-2/h3-9H,10H2,1-2H3,(H,18,20). The summed E-state index contributed by atoms with van der Waals surface area (Å²) in [6, 6.07) is 10.0. The molecule has 0 heterocycles. The van der Waals surface area contributed by atoms with Gasteiger partial charge < -0.3 is 19.5 Å². The maximum atomic E-state index is 12.0. The van der Waals surface area contributed by atoms with Crippen molar-refractivity contribution >= 4 is 23.3 Å². The smallest absolute Gasteiger partial charge is 0.338 e. The van der Waals surface area contributed by atoms with Gasteiger partial charge in [0.05, 0.1) is 30.4 Å². The molecule has 136 valence electrons. The molecule has 0 aromatic heterocycles. The number of rotatable bonds is 7. The number of anilines is 1. The molecule has 0 radical (unpaired) electrons. The van der Waals surface area contributed by atoms with Crippen molar-refractivity contribution in [3.63, 3.8) is 0 Å². The van der Waals surface area contributed by atoms with Crippen LogP contribution in [0.3, 0.4) is 0 Å². The van der Waals surface area contributed by atoms with Gasteiger partial charge in [0.15, 0.2) is 6.61 Å². The van der Waals surface area contributed by atoms with Gasteiger partial charge >= 0.3 is 5.97 Å². The molecular formula is C17H16N2O7. The molecule has 0 aliphatic rings. The van der Waals surface area contributed by atoms with E-state index in [4.69, 9.17) is 14.2 Å². The lowest BCUT2D eigenvalue weighted by Crippen LogP contribution is -2.21. The number of hydrogen-bond acceptors (Lipinski definition) is 7. The van der Waals surface area contributed by atoms with E-state index in [-0.39, 0.29) is 22.7 Å². The van der Waals surface area contributed by atoms with Gasteiger partial charge in [-0.2, -0.15) is 0 Å². The van der Waals surface area contributed by atoms with E-state index in [2.05, 4.69) is 5.32 Å². The number of nitro benzene ring substituents is 1. The van der Waals surface area contributed by atoms with E-state index in [1.54, 1.807) is 12.1 Å². The number of hydrogen-bond donors (Lipinski definition) is 1. The number of esters is 1. The number of nitrogens with one attached hydrogen (secondary N) is 1. The number of non-ortho nitro benzene ring substituents is 1. The summed E-state index contributed by atoms with van der Waals surface area (Å²) in [5.41, 5.74) is 0.115. The molecule has 0 aliphatic carbocycles. The fraction of sp³-hybridized carbons (Fsp3) is 0.176. The maximum Gasteiger partial charge on any atom is 0.338 e. The first-order valence-electron chi connectivity index (χ1n) is 7.38. The third-order valence-corrected chi connectivity index (χ3v) is 3.31. The van der Waals surface area contributed by atoms with Crippen LogP contribution in [-0.2, 0) is 9.53 Å². The molecule has 1 N–H and O–H groups in total. The molecule has 0 unspecified atom stereocenters. The van der Waals surface area contributed by atoms with Gasteiger partial charge in [-0.25, -0.2) is 4.79 Å². The molecule has 0 saturated carbocycles. The maximum absolute atomic E-state index is 12.0. The summed E-state index contributed by atoms with van der Waals surface area (Å²) in [4.78, 5) is 34.2. The van der Waals surface area contributed by atoms with Gasteiger partial charge in [0, 0.05) is 12.1 Å². The Kier molecular flexibility index (Phi) is 6.10. The highest BCUT2D eigenvalue weighted by Gasteiger charge is 2.15. The number of ether oxygens (including phenoxy) is 3. The summed E-state index contributed by atoms with van der Waals surface area (Å²) in [7, 11) is 2.82. The summed E-state index contributed by atoms with van der Waals surface area (Å²) < 4.78 is 15.0. The van der Waals surface area contributed by atoms with Crippen LogP contribution in [0.25, 0.3) is 0 Å². The molecule has 0 fully saturated rings. The van der Waals surface area contributed by atoms with Gasteiger partial charge in [-0.05, 0) is 24.3 Å². The van der Waals surface area contributed by atoms with Crippen LogP contribution in [0, 0.1) is 10.1 Å². The summed E-state index contributed by atoms with van der Waals surface area (Å²) in [5, 5.41) is 13.3. The predicted octanol–water partition coefficient (Wildman–Crippen LogP) is 2.41. The molecule has 1 amide bonds. The lowest BCUT2D eigenvalue weighted by atomic mass is 10.2. The molecule has 9 nitrogen and oxygen atoms in total. The lowest BCUT2D eigenvalue weighted by molar-refractivity contribution is -0.384. The second-order valence-electron chi connectivity index (χ2n) is 5.00. The molecule has 0 bridgehead atoms. The quantitative estimate of drug-likeness (QED) is 0.458. The van der Waals surface area contributed by atoms with Crippen molar-refractivity contribution in [1.82, 2.24) is 0 Å². The van der Waals surface area contributed by atoms with Gasteiger partial charge in [-0.3, -0.25) is 14.9 Å². The zero-order valence-electron chi connectivity index (χ0n) is 14.1. The van der Waals surface area contributed by atoms with Gasteiger partial charge in [-0.15, -0.1) is 0 Å². The van der Waals surface area contributed by atoms with E-state index in [0.29, 0.717) is 5.75 Å². The highest BCUT2D eigenvalue weighted by atomic mass is 16.6. The predicted molar refractivity (Wildman–Crippen MR) is 91.6 cm³/mol. The number of nitro groups is 1. The Bertz CT molecular complexity index is 836. The molecule has 0 aliphatic heterocycles. The summed E-state index contributed by atoms with van der Waals surface area (Å²) in [6.45, 7) is -0.568. The van der Waals surface area contributed by atoms with Crippen LogP contribution >= 0.6 is 0 Å². The number of methoxy groups -OCH3 is 2. The van der Waals surface area contributed by atoms with E-state index >= 15 is 0 Å². The van der Waals surface area contributed by atoms with E-state index in [0.717, 1.165) is 6.07 Å². The highest BCUT2D eigenvalue weighted by molar-refractivity contribution is 5.96. The van der Waals surface area contributed by atoms with Crippen molar-refractivity contribution < 1.29 is 28.7 Å². The molecule has 2 aromatic rings. The normalized spacial score (nSPS) is 9.92. The van der Waals surface area contributed by atoms with Crippen molar-refractivity contribution in [1.29, 1.82) is 0 Å². The molecule has 0 saturated heterocycles. The van der Waals surface area contributed by atoms with E-state index < -0.39 is 23.4 Å². The molecular weight excluding hydrogens is 344 g/mol. The Balaban J connectivity index is 2.01. The highest BCUT2D eigenvalue weighted by Crippen LogP contribution is 2.28. The van der Waals surface area contributed by atoms with E-state index in [9.17, 15) is 19.7 Å². The first kappa shape index (κ1) is 18.7. The minimum absolute atomic E-state index is 0.101. The summed E-state index contributed by atoms with van der Waals surface area (Å²) in [6.07, 6.45) is 0. The van der Waals surface area contributed by atoms with E-state index in [1.165, 1.54) is 38.5 Å². The fourth-order valence-electron chi connectivity index (χ4n) is 2.06. The molecule has 2 aromatic carbocycles. The summed E-state index contributed by atoms with van der Waals surface area (Å²) in [5.74, 6) is -0.654. The second-order valence-corrected chi connectivity index (χ2v) is 5.00. The van der Waals surface area contributed by atoms with Crippen LogP contribution in [-0.4, -0.2) is 37.6 Å². The second kappa shape index (κ2) is 8.47. The Morgan fingerprint density at radius 2 is 1.88 bits per heavy atom. The largest absolute Gasteiger partial charge is 0.497 e. The number of carbonyl (C=O) groups is 2. The fourth-order valence-corrected chi connectivity index (χ4v) is 2.06. The van der Waals surface area contributed by atoms with E-state index in [1.807, 2.05) is 0 Å². The number of nitrogens with zero attached hydrogens (tertiary/aromatic N) is 1. The van der Waals surface area contributed by atoms with Crippen LogP contribution in [0.5, 0.6) is 11.5 Å². The topological polar surface area (TPSA) is 117 Å². The zero-order valence-corrected chi connectivity index (χ0v) is 14.1. The van der Waals surface area contributed by atoms with Gasteiger partial charge in [0.1, 0.15) is 11.5 Å². The third-order valence-electron chi connectivity index (χ3n) is 3.31. The van der Waals surface area contributed by atoms with Crippen molar-refractivity contribution in [2.24, 2.45) is 0 Å². The summed E-state index contributed by atoms with van der Waals surface area (Å²) >= 11 is 0. The molecule has 26 heavy (non-hydrogen) atoms. The average Bonchev–Trinajstić information content (AvgIpc) is 2.66. The zero-order chi connectivity index (χ0) is 19.1. The Labute approximate surface area is 148 Å². The Hall–Kier alpha value is -3.62. The third kappa shape index (κ3) is 4.69. The monoisotopic (exact) mass is 360 g/mol. The molecule has 2 rings (SSSR count). The average molecular weight is 360 g/mol. The van der Waals surface area contributed by atoms with Crippen LogP contribution in [0.15, 0.2) is 42.5 Å². The molecule has 0 atom stereocenters. The van der Waals surface area contributed by atoms with Crippen molar-refractivity contribution in [2.45, 2.75) is 0 Å². The minimum atomic E-state index is -0.704. The van der Waals surface area contributed by atoms with Crippen molar-refractivity contribution in [3.05, 3.63) is 58.1 Å². The SMILES string of the molecule is COc1cccc(C(=O)OCC(=O)Nc2cc([N+](=O)[O-])ccc2OC)c1.